The zero-order valence-electron chi connectivity index (χ0n) is 19.8. The van der Waals surface area contributed by atoms with Crippen molar-refractivity contribution >= 4 is 42.6 Å². The van der Waals surface area contributed by atoms with Gasteiger partial charge in [0, 0.05) is 18.7 Å². The number of rotatable bonds is 8. The number of carbonyl (C=O) groups excluding carboxylic acids is 1. The maximum Gasteiger partial charge on any atom is 0.260 e. The van der Waals surface area contributed by atoms with Crippen LogP contribution in [0.5, 0.6) is 11.5 Å². The van der Waals surface area contributed by atoms with E-state index in [0.717, 1.165) is 17.5 Å². The van der Waals surface area contributed by atoms with Gasteiger partial charge >= 0.3 is 0 Å². The van der Waals surface area contributed by atoms with Crippen LogP contribution in [-0.4, -0.2) is 50.9 Å². The second-order valence-electron chi connectivity index (χ2n) is 8.25. The largest absolute Gasteiger partial charge is 0.495 e. The number of sulfonamides is 1. The standard InChI is InChI=1S/C25H25N3O6S2/c1-32-20-11-12-21(33-2)23-22(20)26-25(35-23)28(16-18-6-5-15-34-18)24(29)17-7-9-19(10-8-17)36(30,31)27-13-3-4-14-27/h5-12,15H,3-4,13-14,16H2,1-2H3. The monoisotopic (exact) mass is 527 g/mol. The first kappa shape index (κ1) is 24.3. The van der Waals surface area contributed by atoms with Crippen LogP contribution in [0.2, 0.25) is 0 Å². The summed E-state index contributed by atoms with van der Waals surface area (Å²) in [6, 6.07) is 13.1. The highest BCUT2D eigenvalue weighted by atomic mass is 32.2. The average Bonchev–Trinajstić information content (AvgIpc) is 3.68. The molecule has 1 amide bonds. The molecule has 9 nitrogen and oxygen atoms in total. The lowest BCUT2D eigenvalue weighted by molar-refractivity contribution is 0.0983. The van der Waals surface area contributed by atoms with Crippen LogP contribution in [0.3, 0.4) is 0 Å². The number of hydrogen-bond donors (Lipinski definition) is 0. The van der Waals surface area contributed by atoms with Gasteiger partial charge in [-0.1, -0.05) is 11.3 Å². The summed E-state index contributed by atoms with van der Waals surface area (Å²) in [5, 5.41) is 0.433. The number of furan rings is 1. The van der Waals surface area contributed by atoms with Gasteiger partial charge in [0.15, 0.2) is 5.13 Å². The topological polar surface area (TPSA) is 102 Å². The lowest BCUT2D eigenvalue weighted by atomic mass is 10.2. The van der Waals surface area contributed by atoms with Gasteiger partial charge in [-0.05, 0) is 61.4 Å². The van der Waals surface area contributed by atoms with Crippen LogP contribution < -0.4 is 14.4 Å². The second-order valence-corrected chi connectivity index (χ2v) is 11.2. The highest BCUT2D eigenvalue weighted by Crippen LogP contribution is 2.40. The Morgan fingerprint density at radius 3 is 2.39 bits per heavy atom. The van der Waals surface area contributed by atoms with E-state index in [2.05, 4.69) is 0 Å². The van der Waals surface area contributed by atoms with Crippen molar-refractivity contribution in [3.8, 4) is 11.5 Å². The summed E-state index contributed by atoms with van der Waals surface area (Å²) in [6.45, 7) is 1.18. The first-order valence-electron chi connectivity index (χ1n) is 11.4. The van der Waals surface area contributed by atoms with E-state index >= 15 is 0 Å². The van der Waals surface area contributed by atoms with Gasteiger partial charge in [-0.15, -0.1) is 0 Å². The fourth-order valence-electron chi connectivity index (χ4n) is 4.18. The molecule has 0 spiro atoms. The third-order valence-electron chi connectivity index (χ3n) is 6.07. The summed E-state index contributed by atoms with van der Waals surface area (Å²) in [7, 11) is -0.439. The third-order valence-corrected chi connectivity index (χ3v) is 9.08. The number of nitrogens with zero attached hydrogens (tertiary/aromatic N) is 3. The molecule has 0 unspecified atom stereocenters. The molecule has 1 aliphatic heterocycles. The molecule has 3 heterocycles. The van der Waals surface area contributed by atoms with Gasteiger partial charge in [-0.25, -0.2) is 13.4 Å². The van der Waals surface area contributed by atoms with E-state index in [1.807, 2.05) is 0 Å². The van der Waals surface area contributed by atoms with Crippen molar-refractivity contribution < 1.29 is 27.1 Å². The summed E-state index contributed by atoms with van der Waals surface area (Å²) < 4.78 is 44.5. The first-order valence-corrected chi connectivity index (χ1v) is 13.6. The van der Waals surface area contributed by atoms with Crippen molar-refractivity contribution in [1.82, 2.24) is 9.29 Å². The van der Waals surface area contributed by atoms with E-state index in [1.165, 1.54) is 44.8 Å². The number of hydrogen-bond acceptors (Lipinski definition) is 8. The zero-order chi connectivity index (χ0) is 25.3. The molecule has 36 heavy (non-hydrogen) atoms. The summed E-state index contributed by atoms with van der Waals surface area (Å²) in [6.07, 6.45) is 3.25. The predicted octanol–water partition coefficient (Wildman–Crippen LogP) is 4.54. The van der Waals surface area contributed by atoms with Crippen molar-refractivity contribution in [3.63, 3.8) is 0 Å². The second kappa shape index (κ2) is 9.92. The molecule has 11 heteroatoms. The van der Waals surface area contributed by atoms with Crippen LogP contribution in [0.15, 0.2) is 64.1 Å². The fourth-order valence-corrected chi connectivity index (χ4v) is 6.77. The number of amides is 1. The highest BCUT2D eigenvalue weighted by molar-refractivity contribution is 7.89. The molecular formula is C25H25N3O6S2. The lowest BCUT2D eigenvalue weighted by Crippen LogP contribution is -2.30. The number of fused-ring (bicyclic) bond motifs is 1. The predicted molar refractivity (Wildman–Crippen MR) is 136 cm³/mol. The number of methoxy groups -OCH3 is 2. The Hall–Kier alpha value is -3.41. The van der Waals surface area contributed by atoms with E-state index < -0.39 is 10.0 Å². The Kier molecular flexibility index (Phi) is 6.69. The van der Waals surface area contributed by atoms with Gasteiger partial charge in [-0.2, -0.15) is 4.31 Å². The Labute approximate surface area is 212 Å². The van der Waals surface area contributed by atoms with Crippen LogP contribution >= 0.6 is 11.3 Å². The van der Waals surface area contributed by atoms with Crippen molar-refractivity contribution in [3.05, 3.63) is 66.1 Å². The van der Waals surface area contributed by atoms with E-state index in [4.69, 9.17) is 18.9 Å². The smallest absolute Gasteiger partial charge is 0.260 e. The Bertz CT molecular complexity index is 1430. The minimum Gasteiger partial charge on any atom is -0.495 e. The number of aromatic nitrogens is 1. The SMILES string of the molecule is COc1ccc(OC)c2sc(N(Cc3ccco3)C(=O)c3ccc(S(=O)(=O)N4CCCC4)cc3)nc12. The van der Waals surface area contributed by atoms with Gasteiger partial charge in [0.05, 0.1) is 31.9 Å². The molecule has 2 aromatic carbocycles. The van der Waals surface area contributed by atoms with Crippen molar-refractivity contribution in [2.75, 3.05) is 32.2 Å². The van der Waals surface area contributed by atoms with Gasteiger partial charge in [0.25, 0.3) is 5.91 Å². The molecule has 0 saturated carbocycles. The molecule has 0 radical (unpaired) electrons. The average molecular weight is 528 g/mol. The molecule has 0 aliphatic carbocycles. The maximum absolute atomic E-state index is 13.7. The minimum absolute atomic E-state index is 0.143. The third kappa shape index (κ3) is 4.45. The molecule has 2 aromatic heterocycles. The molecule has 0 N–H and O–H groups in total. The van der Waals surface area contributed by atoms with E-state index in [1.54, 1.807) is 44.7 Å². The number of carbonyl (C=O) groups is 1. The van der Waals surface area contributed by atoms with Gasteiger partial charge in [-0.3, -0.25) is 9.69 Å². The molecule has 5 rings (SSSR count). The molecule has 188 valence electrons. The molecule has 1 saturated heterocycles. The van der Waals surface area contributed by atoms with Crippen LogP contribution in [0.25, 0.3) is 10.2 Å². The first-order chi connectivity index (χ1) is 17.4. The molecule has 0 bridgehead atoms. The Balaban J connectivity index is 1.52. The molecule has 1 fully saturated rings. The number of ether oxygens (including phenoxy) is 2. The van der Waals surface area contributed by atoms with Crippen molar-refractivity contribution in [2.45, 2.75) is 24.3 Å². The summed E-state index contributed by atoms with van der Waals surface area (Å²) >= 11 is 1.30. The van der Waals surface area contributed by atoms with Gasteiger partial charge in [0.1, 0.15) is 27.5 Å². The Morgan fingerprint density at radius 2 is 1.75 bits per heavy atom. The van der Waals surface area contributed by atoms with Gasteiger partial charge < -0.3 is 13.9 Å². The molecule has 4 aromatic rings. The number of thiazole rings is 1. The Morgan fingerprint density at radius 1 is 1.06 bits per heavy atom. The quantitative estimate of drug-likeness (QED) is 0.332. The molecule has 1 aliphatic rings. The lowest BCUT2D eigenvalue weighted by Gasteiger charge is -2.19. The number of anilines is 1. The van der Waals surface area contributed by atoms with E-state index in [-0.39, 0.29) is 17.3 Å². The van der Waals surface area contributed by atoms with E-state index in [0.29, 0.717) is 46.6 Å². The normalized spacial score (nSPS) is 14.3. The molecular weight excluding hydrogens is 502 g/mol. The van der Waals surface area contributed by atoms with E-state index in [9.17, 15) is 13.2 Å². The van der Waals surface area contributed by atoms with Gasteiger partial charge in [0.2, 0.25) is 10.0 Å². The van der Waals surface area contributed by atoms with Crippen LogP contribution in [0.4, 0.5) is 5.13 Å². The minimum atomic E-state index is -3.57. The molecule has 0 atom stereocenters. The van der Waals surface area contributed by atoms with Crippen molar-refractivity contribution in [2.24, 2.45) is 0 Å². The summed E-state index contributed by atoms with van der Waals surface area (Å²) in [5.74, 6) is 1.43. The van der Waals surface area contributed by atoms with Crippen molar-refractivity contribution in [1.29, 1.82) is 0 Å². The number of benzene rings is 2. The zero-order valence-corrected chi connectivity index (χ0v) is 21.5. The van der Waals surface area contributed by atoms with Crippen LogP contribution in [-0.2, 0) is 16.6 Å². The van der Waals surface area contributed by atoms with Crippen LogP contribution in [0, 0.1) is 0 Å². The summed E-state index contributed by atoms with van der Waals surface area (Å²) in [5.41, 5.74) is 0.918. The highest BCUT2D eigenvalue weighted by Gasteiger charge is 2.28. The van der Waals surface area contributed by atoms with Crippen LogP contribution in [0.1, 0.15) is 29.0 Å². The maximum atomic E-state index is 13.7. The summed E-state index contributed by atoms with van der Waals surface area (Å²) in [4.78, 5) is 20.1. The fraction of sp³-hybridized carbons (Fsp3) is 0.280.